The standard InChI is InChI=1S/C14H16F2N4O.ClH/c15-14(16,9-17)10-18-13(21)12-6-19-20(8-12)7-11-4-2-1-3-5-11;/h1-6,8H,7,9-10,17H2,(H,18,21);1H. The average Bonchev–Trinajstić information content (AvgIpc) is 2.94. The van der Waals surface area contributed by atoms with E-state index in [0.717, 1.165) is 5.56 Å². The molecule has 1 heterocycles. The zero-order valence-corrected chi connectivity index (χ0v) is 12.5. The highest BCUT2D eigenvalue weighted by Gasteiger charge is 2.27. The molecule has 2 aromatic rings. The largest absolute Gasteiger partial charge is 0.346 e. The van der Waals surface area contributed by atoms with Crippen LogP contribution in [0.4, 0.5) is 8.78 Å². The summed E-state index contributed by atoms with van der Waals surface area (Å²) >= 11 is 0. The van der Waals surface area contributed by atoms with Crippen molar-refractivity contribution in [2.45, 2.75) is 12.5 Å². The molecule has 0 bridgehead atoms. The summed E-state index contributed by atoms with van der Waals surface area (Å²) in [4.78, 5) is 11.7. The Labute approximate surface area is 132 Å². The van der Waals surface area contributed by atoms with Crippen molar-refractivity contribution in [1.82, 2.24) is 15.1 Å². The van der Waals surface area contributed by atoms with Crippen LogP contribution in [0.1, 0.15) is 15.9 Å². The third kappa shape index (κ3) is 5.09. The molecule has 0 spiro atoms. The minimum atomic E-state index is -3.10. The van der Waals surface area contributed by atoms with E-state index in [1.54, 1.807) is 4.68 Å². The quantitative estimate of drug-likeness (QED) is 0.846. The number of carbonyl (C=O) groups excluding carboxylic acids is 1. The third-order valence-electron chi connectivity index (χ3n) is 2.89. The molecule has 2 rings (SSSR count). The van der Waals surface area contributed by atoms with E-state index in [-0.39, 0.29) is 18.0 Å². The van der Waals surface area contributed by atoms with Gasteiger partial charge in [-0.3, -0.25) is 9.48 Å². The Balaban J connectivity index is 0.00000242. The summed E-state index contributed by atoms with van der Waals surface area (Å²) in [6.07, 6.45) is 2.86. The van der Waals surface area contributed by atoms with Crippen molar-refractivity contribution in [2.75, 3.05) is 13.1 Å². The third-order valence-corrected chi connectivity index (χ3v) is 2.89. The van der Waals surface area contributed by atoms with Gasteiger partial charge in [0.1, 0.15) is 0 Å². The first-order chi connectivity index (χ1) is 10.00. The highest BCUT2D eigenvalue weighted by Crippen LogP contribution is 2.09. The van der Waals surface area contributed by atoms with Crippen molar-refractivity contribution in [3.63, 3.8) is 0 Å². The number of amides is 1. The zero-order chi connectivity index (χ0) is 15.3. The number of carbonyl (C=O) groups is 1. The van der Waals surface area contributed by atoms with Gasteiger partial charge >= 0.3 is 0 Å². The summed E-state index contributed by atoms with van der Waals surface area (Å²) in [7, 11) is 0. The highest BCUT2D eigenvalue weighted by atomic mass is 35.5. The predicted molar refractivity (Wildman–Crippen MR) is 81.4 cm³/mol. The van der Waals surface area contributed by atoms with Gasteiger partial charge in [-0.15, -0.1) is 12.4 Å². The second kappa shape index (κ2) is 7.86. The van der Waals surface area contributed by atoms with Gasteiger partial charge in [-0.2, -0.15) is 5.10 Å². The lowest BCUT2D eigenvalue weighted by Crippen LogP contribution is -2.41. The maximum Gasteiger partial charge on any atom is 0.277 e. The van der Waals surface area contributed by atoms with Crippen LogP contribution in [0, 0.1) is 0 Å². The van der Waals surface area contributed by atoms with Crippen LogP contribution < -0.4 is 11.1 Å². The van der Waals surface area contributed by atoms with Gasteiger partial charge < -0.3 is 11.1 Å². The molecule has 8 heteroatoms. The molecule has 0 saturated heterocycles. The fourth-order valence-corrected chi connectivity index (χ4v) is 1.72. The topological polar surface area (TPSA) is 72.9 Å². The monoisotopic (exact) mass is 330 g/mol. The van der Waals surface area contributed by atoms with Gasteiger partial charge in [-0.25, -0.2) is 8.78 Å². The van der Waals surface area contributed by atoms with E-state index in [4.69, 9.17) is 5.73 Å². The Bertz CT molecular complexity index is 604. The number of nitrogens with two attached hydrogens (primary N) is 1. The van der Waals surface area contributed by atoms with E-state index in [2.05, 4.69) is 10.4 Å². The van der Waals surface area contributed by atoms with Gasteiger partial charge in [0.2, 0.25) is 0 Å². The van der Waals surface area contributed by atoms with Crippen LogP contribution in [0.15, 0.2) is 42.7 Å². The van der Waals surface area contributed by atoms with Crippen molar-refractivity contribution in [3.05, 3.63) is 53.9 Å². The average molecular weight is 331 g/mol. The van der Waals surface area contributed by atoms with Crippen LogP contribution in [0.2, 0.25) is 0 Å². The van der Waals surface area contributed by atoms with Gasteiger partial charge in [0.25, 0.3) is 11.8 Å². The van der Waals surface area contributed by atoms with E-state index in [0.29, 0.717) is 6.54 Å². The number of hydrogen-bond donors (Lipinski definition) is 2. The fourth-order valence-electron chi connectivity index (χ4n) is 1.72. The molecule has 0 aliphatic carbocycles. The number of benzene rings is 1. The van der Waals surface area contributed by atoms with Crippen LogP contribution in [0.3, 0.4) is 0 Å². The van der Waals surface area contributed by atoms with Gasteiger partial charge in [0.15, 0.2) is 0 Å². The Morgan fingerprint density at radius 3 is 2.64 bits per heavy atom. The molecule has 5 nitrogen and oxygen atoms in total. The summed E-state index contributed by atoms with van der Waals surface area (Å²) in [5, 5.41) is 6.19. The lowest BCUT2D eigenvalue weighted by molar-refractivity contribution is 0.0118. The van der Waals surface area contributed by atoms with Crippen molar-refractivity contribution in [1.29, 1.82) is 0 Å². The van der Waals surface area contributed by atoms with Crippen LogP contribution in [-0.4, -0.2) is 34.7 Å². The second-order valence-corrected chi connectivity index (χ2v) is 4.65. The SMILES string of the molecule is Cl.NCC(F)(F)CNC(=O)c1cnn(Cc2ccccc2)c1. The van der Waals surface area contributed by atoms with Crippen LogP contribution in [-0.2, 0) is 6.54 Å². The second-order valence-electron chi connectivity index (χ2n) is 4.65. The summed E-state index contributed by atoms with van der Waals surface area (Å²) in [6, 6.07) is 9.58. The van der Waals surface area contributed by atoms with Crippen molar-refractivity contribution in [2.24, 2.45) is 5.73 Å². The van der Waals surface area contributed by atoms with Gasteiger partial charge in [-0.1, -0.05) is 30.3 Å². The number of rotatable bonds is 6. The molecule has 1 aromatic heterocycles. The first kappa shape index (κ1) is 18.1. The number of halogens is 3. The smallest absolute Gasteiger partial charge is 0.277 e. The molecule has 0 radical (unpaired) electrons. The molecule has 0 atom stereocenters. The number of nitrogens with one attached hydrogen (secondary N) is 1. The number of hydrogen-bond acceptors (Lipinski definition) is 3. The van der Waals surface area contributed by atoms with E-state index < -0.39 is 24.9 Å². The minimum Gasteiger partial charge on any atom is -0.346 e. The maximum atomic E-state index is 13.0. The molecule has 1 aromatic carbocycles. The summed E-state index contributed by atoms with van der Waals surface area (Å²) in [5.74, 6) is -3.70. The summed E-state index contributed by atoms with van der Waals surface area (Å²) in [5.41, 5.74) is 6.17. The van der Waals surface area contributed by atoms with Crippen LogP contribution in [0.25, 0.3) is 0 Å². The van der Waals surface area contributed by atoms with Crippen LogP contribution in [0.5, 0.6) is 0 Å². The molecule has 1 amide bonds. The van der Waals surface area contributed by atoms with Crippen LogP contribution >= 0.6 is 12.4 Å². The Morgan fingerprint density at radius 1 is 1.32 bits per heavy atom. The van der Waals surface area contributed by atoms with Gasteiger partial charge in [-0.05, 0) is 5.56 Å². The molecule has 0 aliphatic rings. The maximum absolute atomic E-state index is 13.0. The first-order valence-electron chi connectivity index (χ1n) is 6.43. The molecule has 0 saturated carbocycles. The molecule has 0 unspecified atom stereocenters. The molecule has 0 fully saturated rings. The van der Waals surface area contributed by atoms with Gasteiger partial charge in [0, 0.05) is 6.20 Å². The van der Waals surface area contributed by atoms with E-state index >= 15 is 0 Å². The van der Waals surface area contributed by atoms with E-state index in [9.17, 15) is 13.6 Å². The normalized spacial score (nSPS) is 10.9. The molecule has 120 valence electrons. The number of alkyl halides is 2. The van der Waals surface area contributed by atoms with E-state index in [1.165, 1.54) is 12.4 Å². The lowest BCUT2D eigenvalue weighted by Gasteiger charge is -2.13. The zero-order valence-electron chi connectivity index (χ0n) is 11.7. The number of nitrogens with zero attached hydrogens (tertiary/aromatic N) is 2. The minimum absolute atomic E-state index is 0. The first-order valence-corrected chi connectivity index (χ1v) is 6.43. The highest BCUT2D eigenvalue weighted by molar-refractivity contribution is 5.93. The van der Waals surface area contributed by atoms with E-state index in [1.807, 2.05) is 30.3 Å². The lowest BCUT2D eigenvalue weighted by atomic mass is 10.2. The van der Waals surface area contributed by atoms with Crippen molar-refractivity contribution < 1.29 is 13.6 Å². The molecule has 0 aliphatic heterocycles. The van der Waals surface area contributed by atoms with Crippen molar-refractivity contribution >= 4 is 18.3 Å². The molecular formula is C14H17ClF2N4O. The Kier molecular flexibility index (Phi) is 6.45. The molecular weight excluding hydrogens is 314 g/mol. The van der Waals surface area contributed by atoms with Gasteiger partial charge in [0.05, 0.1) is 31.4 Å². The summed E-state index contributed by atoms with van der Waals surface area (Å²) < 4.78 is 27.5. The number of aromatic nitrogens is 2. The Morgan fingerprint density at radius 2 is 2.00 bits per heavy atom. The molecule has 3 N–H and O–H groups in total. The van der Waals surface area contributed by atoms with Crippen molar-refractivity contribution in [3.8, 4) is 0 Å². The fraction of sp³-hybridized carbons (Fsp3) is 0.286. The Hall–Kier alpha value is -1.99. The summed E-state index contributed by atoms with van der Waals surface area (Å²) in [6.45, 7) is -1.08. The predicted octanol–water partition coefficient (Wildman–Crippen LogP) is 1.68. The molecule has 22 heavy (non-hydrogen) atoms.